The van der Waals surface area contributed by atoms with Crippen molar-refractivity contribution in [2.24, 2.45) is 17.3 Å². The van der Waals surface area contributed by atoms with Gasteiger partial charge in [0.1, 0.15) is 0 Å². The van der Waals surface area contributed by atoms with Gasteiger partial charge in [-0.05, 0) is 49.0 Å². The summed E-state index contributed by atoms with van der Waals surface area (Å²) in [6.45, 7) is 4.70. The standard InChI is InChI=1S/C18H23NO/c1-3-19(12(2)20)17-15-10-9-14-11-18(14,15)16(17)13-7-5-4-6-8-13/h4-8,14-17H,3,9-11H2,1-2H3. The maximum Gasteiger partial charge on any atom is 0.219 e. The normalized spacial score (nSPS) is 40.5. The van der Waals surface area contributed by atoms with Crippen LogP contribution in [-0.2, 0) is 4.79 Å². The van der Waals surface area contributed by atoms with Crippen LogP contribution in [0, 0.1) is 17.3 Å². The lowest BCUT2D eigenvalue weighted by molar-refractivity contribution is -0.140. The first-order valence-corrected chi connectivity index (χ1v) is 8.02. The van der Waals surface area contributed by atoms with Crippen molar-refractivity contribution >= 4 is 5.91 Å². The van der Waals surface area contributed by atoms with Crippen LogP contribution in [0.1, 0.15) is 44.6 Å². The number of likely N-dealkylation sites (N-methyl/N-ethyl adjacent to an activating group) is 1. The molecule has 5 unspecified atom stereocenters. The highest BCUT2D eigenvalue weighted by atomic mass is 16.2. The first-order valence-electron chi connectivity index (χ1n) is 8.02. The number of nitrogens with zero attached hydrogens (tertiary/aromatic N) is 1. The van der Waals surface area contributed by atoms with Gasteiger partial charge in [0.15, 0.2) is 0 Å². The van der Waals surface area contributed by atoms with Gasteiger partial charge in [0.05, 0.1) is 0 Å². The van der Waals surface area contributed by atoms with Crippen molar-refractivity contribution in [1.29, 1.82) is 0 Å². The van der Waals surface area contributed by atoms with Gasteiger partial charge in [-0.2, -0.15) is 0 Å². The zero-order valence-electron chi connectivity index (χ0n) is 12.4. The summed E-state index contributed by atoms with van der Waals surface area (Å²) in [5, 5.41) is 0. The quantitative estimate of drug-likeness (QED) is 0.823. The molecule has 0 aromatic heterocycles. The molecule has 0 saturated heterocycles. The highest BCUT2D eigenvalue weighted by Gasteiger charge is 2.77. The molecule has 0 bridgehead atoms. The fourth-order valence-electron chi connectivity index (χ4n) is 5.58. The minimum absolute atomic E-state index is 0.248. The van der Waals surface area contributed by atoms with Crippen LogP contribution >= 0.6 is 0 Å². The highest BCUT2D eigenvalue weighted by molar-refractivity contribution is 5.74. The van der Waals surface area contributed by atoms with Crippen LogP contribution in [0.4, 0.5) is 0 Å². The van der Waals surface area contributed by atoms with Gasteiger partial charge in [-0.3, -0.25) is 4.79 Å². The molecule has 3 aliphatic rings. The van der Waals surface area contributed by atoms with Crippen LogP contribution in [0.15, 0.2) is 30.3 Å². The summed E-state index contributed by atoms with van der Waals surface area (Å²) in [6.07, 6.45) is 4.13. The third-order valence-corrected chi connectivity index (χ3v) is 6.31. The zero-order chi connectivity index (χ0) is 13.9. The van der Waals surface area contributed by atoms with Crippen molar-refractivity contribution < 1.29 is 4.79 Å². The molecule has 1 spiro atoms. The molecular weight excluding hydrogens is 246 g/mol. The molecule has 0 N–H and O–H groups in total. The average Bonchev–Trinajstić information content (AvgIpc) is 3.10. The molecule has 1 aromatic rings. The van der Waals surface area contributed by atoms with Gasteiger partial charge >= 0.3 is 0 Å². The highest BCUT2D eigenvalue weighted by Crippen LogP contribution is 2.81. The van der Waals surface area contributed by atoms with E-state index >= 15 is 0 Å². The third kappa shape index (κ3) is 1.37. The van der Waals surface area contributed by atoms with Gasteiger partial charge in [0.25, 0.3) is 0 Å². The van der Waals surface area contributed by atoms with E-state index in [1.54, 1.807) is 6.92 Å². The van der Waals surface area contributed by atoms with E-state index < -0.39 is 0 Å². The largest absolute Gasteiger partial charge is 0.339 e. The average molecular weight is 269 g/mol. The molecule has 0 heterocycles. The number of amides is 1. The second kappa shape index (κ2) is 4.09. The SMILES string of the molecule is CCN(C(C)=O)C1C2CCC3CC32C1c1ccccc1. The van der Waals surface area contributed by atoms with Gasteiger partial charge in [-0.15, -0.1) is 0 Å². The summed E-state index contributed by atoms with van der Waals surface area (Å²) < 4.78 is 0. The summed E-state index contributed by atoms with van der Waals surface area (Å²) in [5.74, 6) is 2.55. The van der Waals surface area contributed by atoms with Gasteiger partial charge in [-0.25, -0.2) is 0 Å². The van der Waals surface area contributed by atoms with Crippen molar-refractivity contribution in [2.45, 2.75) is 45.1 Å². The molecule has 4 rings (SSSR count). The summed E-state index contributed by atoms with van der Waals surface area (Å²) in [4.78, 5) is 14.2. The Hall–Kier alpha value is -1.31. The molecule has 106 valence electrons. The van der Waals surface area contributed by atoms with Crippen molar-refractivity contribution in [3.05, 3.63) is 35.9 Å². The Bertz CT molecular complexity index is 540. The lowest BCUT2D eigenvalue weighted by atomic mass is 9.55. The van der Waals surface area contributed by atoms with Crippen LogP contribution in [0.3, 0.4) is 0 Å². The topological polar surface area (TPSA) is 20.3 Å². The number of carbonyl (C=O) groups excluding carboxylic acids is 1. The lowest BCUT2D eigenvalue weighted by Gasteiger charge is -2.56. The summed E-state index contributed by atoms with van der Waals surface area (Å²) in [7, 11) is 0. The second-order valence-corrected chi connectivity index (χ2v) is 6.88. The molecule has 3 saturated carbocycles. The third-order valence-electron chi connectivity index (χ3n) is 6.31. The number of carbonyl (C=O) groups is 1. The first-order chi connectivity index (χ1) is 9.70. The van der Waals surface area contributed by atoms with E-state index in [0.717, 1.165) is 18.4 Å². The van der Waals surface area contributed by atoms with Crippen LogP contribution in [0.5, 0.6) is 0 Å². The van der Waals surface area contributed by atoms with E-state index in [2.05, 4.69) is 42.2 Å². The van der Waals surface area contributed by atoms with E-state index in [1.165, 1.54) is 24.8 Å². The number of hydrogen-bond acceptors (Lipinski definition) is 1. The Balaban J connectivity index is 1.72. The fourth-order valence-corrected chi connectivity index (χ4v) is 5.58. The minimum atomic E-state index is 0.248. The molecule has 2 nitrogen and oxygen atoms in total. The summed E-state index contributed by atoms with van der Waals surface area (Å²) in [6, 6.07) is 11.4. The Morgan fingerprint density at radius 3 is 2.65 bits per heavy atom. The van der Waals surface area contributed by atoms with Crippen molar-refractivity contribution in [3.8, 4) is 0 Å². The Morgan fingerprint density at radius 2 is 2.05 bits per heavy atom. The Labute approximate surface area is 121 Å². The van der Waals surface area contributed by atoms with E-state index in [1.807, 2.05) is 0 Å². The molecule has 20 heavy (non-hydrogen) atoms. The Morgan fingerprint density at radius 1 is 1.30 bits per heavy atom. The first kappa shape index (κ1) is 12.4. The number of benzene rings is 1. The van der Waals surface area contributed by atoms with Crippen molar-refractivity contribution in [1.82, 2.24) is 4.90 Å². The molecule has 3 aliphatic carbocycles. The zero-order valence-corrected chi connectivity index (χ0v) is 12.4. The summed E-state index contributed by atoms with van der Waals surface area (Å²) >= 11 is 0. The number of rotatable bonds is 3. The van der Waals surface area contributed by atoms with E-state index in [9.17, 15) is 4.79 Å². The van der Waals surface area contributed by atoms with E-state index in [4.69, 9.17) is 0 Å². The van der Waals surface area contributed by atoms with Crippen LogP contribution in [0.2, 0.25) is 0 Å². The number of hydrogen-bond donors (Lipinski definition) is 0. The maximum absolute atomic E-state index is 12.0. The Kier molecular flexibility index (Phi) is 2.55. The van der Waals surface area contributed by atoms with Gasteiger partial charge in [0, 0.05) is 25.4 Å². The minimum Gasteiger partial charge on any atom is -0.339 e. The maximum atomic E-state index is 12.0. The summed E-state index contributed by atoms with van der Waals surface area (Å²) in [5.41, 5.74) is 2.02. The lowest BCUT2D eigenvalue weighted by Crippen LogP contribution is -2.60. The fraction of sp³-hybridized carbons (Fsp3) is 0.611. The van der Waals surface area contributed by atoms with Crippen LogP contribution in [-0.4, -0.2) is 23.4 Å². The monoisotopic (exact) mass is 269 g/mol. The van der Waals surface area contributed by atoms with Gasteiger partial charge in [0.2, 0.25) is 5.91 Å². The predicted molar refractivity (Wildman–Crippen MR) is 79.3 cm³/mol. The van der Waals surface area contributed by atoms with Crippen molar-refractivity contribution in [3.63, 3.8) is 0 Å². The second-order valence-electron chi connectivity index (χ2n) is 6.88. The molecular formula is C18H23NO. The molecule has 3 fully saturated rings. The van der Waals surface area contributed by atoms with Gasteiger partial charge in [-0.1, -0.05) is 30.3 Å². The smallest absolute Gasteiger partial charge is 0.219 e. The van der Waals surface area contributed by atoms with Crippen LogP contribution in [0.25, 0.3) is 0 Å². The van der Waals surface area contributed by atoms with Crippen LogP contribution < -0.4 is 0 Å². The van der Waals surface area contributed by atoms with Crippen molar-refractivity contribution in [2.75, 3.05) is 6.54 Å². The molecule has 2 heteroatoms. The molecule has 1 amide bonds. The van der Waals surface area contributed by atoms with E-state index in [0.29, 0.717) is 17.4 Å². The van der Waals surface area contributed by atoms with Gasteiger partial charge < -0.3 is 4.90 Å². The predicted octanol–water partition coefficient (Wildman–Crippen LogP) is 3.44. The molecule has 1 aromatic carbocycles. The molecule has 5 atom stereocenters. The molecule has 0 radical (unpaired) electrons. The molecule has 0 aliphatic heterocycles. The van der Waals surface area contributed by atoms with E-state index in [-0.39, 0.29) is 5.91 Å².